The van der Waals surface area contributed by atoms with Crippen LogP contribution in [0.3, 0.4) is 0 Å². The van der Waals surface area contributed by atoms with E-state index in [0.29, 0.717) is 5.56 Å². The molecule has 0 fully saturated rings. The number of rotatable bonds is 2. The molecule has 5 nitrogen and oxygen atoms in total. The van der Waals surface area contributed by atoms with Crippen molar-refractivity contribution >= 4 is 22.6 Å². The highest BCUT2D eigenvalue weighted by atomic mass is 16.1. The van der Waals surface area contributed by atoms with Crippen molar-refractivity contribution in [1.29, 1.82) is 0 Å². The first-order valence-electron chi connectivity index (χ1n) is 8.40. The van der Waals surface area contributed by atoms with Crippen molar-refractivity contribution in [2.24, 2.45) is 7.05 Å². The zero-order valence-corrected chi connectivity index (χ0v) is 15.6. The van der Waals surface area contributed by atoms with Crippen LogP contribution < -0.4 is 5.32 Å². The second-order valence-electron chi connectivity index (χ2n) is 7.47. The average molecular weight is 336 g/mol. The van der Waals surface area contributed by atoms with E-state index in [9.17, 15) is 4.79 Å². The van der Waals surface area contributed by atoms with Crippen molar-refractivity contribution in [1.82, 2.24) is 14.8 Å². The van der Waals surface area contributed by atoms with E-state index in [0.717, 1.165) is 33.7 Å². The Bertz CT molecular complexity index is 964. The van der Waals surface area contributed by atoms with Gasteiger partial charge in [0.05, 0.1) is 16.6 Å². The highest BCUT2D eigenvalue weighted by molar-refractivity contribution is 6.13. The molecule has 2 aromatic heterocycles. The van der Waals surface area contributed by atoms with Crippen LogP contribution in [0.5, 0.6) is 0 Å². The molecule has 0 aliphatic carbocycles. The maximum Gasteiger partial charge on any atom is 0.256 e. The van der Waals surface area contributed by atoms with Crippen LogP contribution in [0.2, 0.25) is 0 Å². The van der Waals surface area contributed by atoms with E-state index in [1.54, 1.807) is 4.68 Å². The molecule has 5 heteroatoms. The van der Waals surface area contributed by atoms with Gasteiger partial charge in [-0.25, -0.2) is 4.98 Å². The maximum absolute atomic E-state index is 13.0. The summed E-state index contributed by atoms with van der Waals surface area (Å²) in [7, 11) is 1.85. The predicted octanol–water partition coefficient (Wildman–Crippen LogP) is 4.13. The van der Waals surface area contributed by atoms with E-state index in [4.69, 9.17) is 0 Å². The molecule has 1 N–H and O–H groups in total. The van der Waals surface area contributed by atoms with E-state index in [1.165, 1.54) is 0 Å². The fraction of sp³-hybridized carbons (Fsp3) is 0.350. The number of carbonyl (C=O) groups is 1. The standard InChI is InChI=1S/C20H24N4O/c1-12-11-14(17-13(2)23-24(6)18(17)21-12)19(25)22-16-10-8-7-9-15(16)20(3,4)5/h7-11H,1-6H3,(H,22,25). The molecule has 2 heterocycles. The molecule has 0 saturated carbocycles. The van der Waals surface area contributed by atoms with E-state index in [2.05, 4.69) is 42.2 Å². The summed E-state index contributed by atoms with van der Waals surface area (Å²) in [5, 5.41) is 8.30. The Hall–Kier alpha value is -2.69. The number of para-hydroxylation sites is 1. The summed E-state index contributed by atoms with van der Waals surface area (Å²) in [6, 6.07) is 9.76. The molecule has 0 unspecified atom stereocenters. The SMILES string of the molecule is Cc1cc(C(=O)Nc2ccccc2C(C)(C)C)c2c(C)nn(C)c2n1. The molecule has 0 spiro atoms. The van der Waals surface area contributed by atoms with Crippen molar-refractivity contribution in [3.63, 3.8) is 0 Å². The molecule has 3 rings (SSSR count). The molecule has 25 heavy (non-hydrogen) atoms. The van der Waals surface area contributed by atoms with E-state index in [1.807, 2.05) is 45.2 Å². The number of nitrogens with one attached hydrogen (secondary N) is 1. The van der Waals surface area contributed by atoms with Gasteiger partial charge in [0.15, 0.2) is 5.65 Å². The second kappa shape index (κ2) is 5.99. The van der Waals surface area contributed by atoms with Gasteiger partial charge in [0.2, 0.25) is 0 Å². The van der Waals surface area contributed by atoms with Gasteiger partial charge < -0.3 is 5.32 Å². The topological polar surface area (TPSA) is 59.8 Å². The summed E-state index contributed by atoms with van der Waals surface area (Å²) in [4.78, 5) is 17.6. The summed E-state index contributed by atoms with van der Waals surface area (Å²) in [6.07, 6.45) is 0. The summed E-state index contributed by atoms with van der Waals surface area (Å²) in [5.41, 5.74) is 4.82. The Kier molecular flexibility index (Phi) is 4.11. The number of anilines is 1. The van der Waals surface area contributed by atoms with Crippen LogP contribution in [-0.2, 0) is 12.5 Å². The lowest BCUT2D eigenvalue weighted by Gasteiger charge is -2.23. The van der Waals surface area contributed by atoms with Gasteiger partial charge in [0.1, 0.15) is 0 Å². The van der Waals surface area contributed by atoms with Gasteiger partial charge in [-0.1, -0.05) is 39.0 Å². The lowest BCUT2D eigenvalue weighted by atomic mass is 9.86. The number of pyridine rings is 1. The minimum Gasteiger partial charge on any atom is -0.322 e. The minimum absolute atomic E-state index is 0.0580. The first kappa shape index (κ1) is 17.1. The van der Waals surface area contributed by atoms with Crippen LogP contribution in [0.1, 0.15) is 48.1 Å². The quantitative estimate of drug-likeness (QED) is 0.765. The van der Waals surface area contributed by atoms with Gasteiger partial charge in [-0.15, -0.1) is 0 Å². The zero-order chi connectivity index (χ0) is 18.4. The number of benzene rings is 1. The van der Waals surface area contributed by atoms with E-state index in [-0.39, 0.29) is 11.3 Å². The van der Waals surface area contributed by atoms with Gasteiger partial charge >= 0.3 is 0 Å². The van der Waals surface area contributed by atoms with Gasteiger partial charge in [-0.05, 0) is 37.0 Å². The Morgan fingerprint density at radius 3 is 2.52 bits per heavy atom. The largest absolute Gasteiger partial charge is 0.322 e. The van der Waals surface area contributed by atoms with Crippen molar-refractivity contribution in [2.45, 2.75) is 40.0 Å². The molecular formula is C20H24N4O. The van der Waals surface area contributed by atoms with Crippen LogP contribution in [0.15, 0.2) is 30.3 Å². The molecule has 0 saturated heterocycles. The lowest BCUT2D eigenvalue weighted by molar-refractivity contribution is 0.102. The monoisotopic (exact) mass is 336 g/mol. The Morgan fingerprint density at radius 2 is 1.84 bits per heavy atom. The molecule has 0 aliphatic heterocycles. The number of hydrogen-bond acceptors (Lipinski definition) is 3. The van der Waals surface area contributed by atoms with Crippen LogP contribution in [0.4, 0.5) is 5.69 Å². The second-order valence-corrected chi connectivity index (χ2v) is 7.47. The molecule has 0 radical (unpaired) electrons. The molecule has 0 atom stereocenters. The third-order valence-corrected chi connectivity index (χ3v) is 4.32. The Labute approximate surface area is 148 Å². The number of fused-ring (bicyclic) bond motifs is 1. The van der Waals surface area contributed by atoms with Crippen LogP contribution >= 0.6 is 0 Å². The van der Waals surface area contributed by atoms with Crippen molar-refractivity contribution in [3.8, 4) is 0 Å². The molecular weight excluding hydrogens is 312 g/mol. The van der Waals surface area contributed by atoms with Crippen molar-refractivity contribution in [3.05, 3.63) is 52.8 Å². The van der Waals surface area contributed by atoms with Crippen LogP contribution in [0, 0.1) is 13.8 Å². The van der Waals surface area contributed by atoms with E-state index >= 15 is 0 Å². The predicted molar refractivity (Wildman–Crippen MR) is 101 cm³/mol. The molecule has 0 bridgehead atoms. The molecule has 3 aromatic rings. The summed E-state index contributed by atoms with van der Waals surface area (Å²) < 4.78 is 1.72. The lowest BCUT2D eigenvalue weighted by Crippen LogP contribution is -2.19. The number of aromatic nitrogens is 3. The van der Waals surface area contributed by atoms with E-state index < -0.39 is 0 Å². The highest BCUT2D eigenvalue weighted by Crippen LogP contribution is 2.30. The van der Waals surface area contributed by atoms with Gasteiger partial charge in [-0.3, -0.25) is 9.48 Å². The smallest absolute Gasteiger partial charge is 0.256 e. The highest BCUT2D eigenvalue weighted by Gasteiger charge is 2.21. The average Bonchev–Trinajstić information content (AvgIpc) is 2.80. The minimum atomic E-state index is -0.136. The Morgan fingerprint density at radius 1 is 1.16 bits per heavy atom. The normalized spacial score (nSPS) is 11.8. The fourth-order valence-corrected chi connectivity index (χ4v) is 3.18. The molecule has 1 aromatic carbocycles. The maximum atomic E-state index is 13.0. The number of amides is 1. The van der Waals surface area contributed by atoms with Gasteiger partial charge in [0, 0.05) is 18.4 Å². The number of nitrogens with zero attached hydrogens (tertiary/aromatic N) is 3. The molecule has 0 aliphatic rings. The molecule has 1 amide bonds. The third kappa shape index (κ3) is 3.14. The van der Waals surface area contributed by atoms with Gasteiger partial charge in [0.25, 0.3) is 5.91 Å². The van der Waals surface area contributed by atoms with Crippen LogP contribution in [-0.4, -0.2) is 20.7 Å². The van der Waals surface area contributed by atoms with Crippen molar-refractivity contribution < 1.29 is 4.79 Å². The fourth-order valence-electron chi connectivity index (χ4n) is 3.18. The van der Waals surface area contributed by atoms with Gasteiger partial charge in [-0.2, -0.15) is 5.10 Å². The third-order valence-electron chi connectivity index (χ3n) is 4.32. The zero-order valence-electron chi connectivity index (χ0n) is 15.6. The number of aryl methyl sites for hydroxylation is 3. The Balaban J connectivity index is 2.08. The van der Waals surface area contributed by atoms with Crippen molar-refractivity contribution in [2.75, 3.05) is 5.32 Å². The number of carbonyl (C=O) groups excluding carboxylic acids is 1. The summed E-state index contributed by atoms with van der Waals surface area (Å²) in [6.45, 7) is 10.2. The van der Waals surface area contributed by atoms with Crippen LogP contribution in [0.25, 0.3) is 11.0 Å². The summed E-state index contributed by atoms with van der Waals surface area (Å²) >= 11 is 0. The molecule has 130 valence electrons. The number of hydrogen-bond donors (Lipinski definition) is 1. The summed E-state index contributed by atoms with van der Waals surface area (Å²) in [5.74, 6) is -0.136. The first-order valence-corrected chi connectivity index (χ1v) is 8.40. The first-order chi connectivity index (χ1) is 11.7.